The first-order valence-corrected chi connectivity index (χ1v) is 11.6. The molecule has 1 amide bonds. The molecule has 0 spiro atoms. The maximum atomic E-state index is 14.8. The van der Waals surface area contributed by atoms with Gasteiger partial charge < -0.3 is 10.2 Å². The first-order valence-electron chi connectivity index (χ1n) is 11.6. The number of piperidine rings is 1. The average Bonchev–Trinajstić information content (AvgIpc) is 2.71. The van der Waals surface area contributed by atoms with Gasteiger partial charge in [-0.25, -0.2) is 8.78 Å². The summed E-state index contributed by atoms with van der Waals surface area (Å²) in [5, 5.41) is 3.06. The minimum absolute atomic E-state index is 0.0600. The molecule has 5 heteroatoms. The molecule has 1 saturated heterocycles. The van der Waals surface area contributed by atoms with E-state index in [0.717, 1.165) is 63.6 Å². The molecule has 30 heavy (non-hydrogen) atoms. The van der Waals surface area contributed by atoms with Crippen LogP contribution in [0.15, 0.2) is 24.3 Å². The summed E-state index contributed by atoms with van der Waals surface area (Å²) in [6.45, 7) is 9.25. The zero-order valence-electron chi connectivity index (χ0n) is 18.9. The van der Waals surface area contributed by atoms with Crippen LogP contribution < -0.4 is 5.32 Å². The van der Waals surface area contributed by atoms with E-state index >= 15 is 0 Å². The Morgan fingerprint density at radius 1 is 1.23 bits per heavy atom. The van der Waals surface area contributed by atoms with Gasteiger partial charge in [-0.15, -0.1) is 0 Å². The third-order valence-electron chi connectivity index (χ3n) is 6.98. The number of alkyl halides is 1. The van der Waals surface area contributed by atoms with E-state index in [1.54, 1.807) is 6.07 Å². The van der Waals surface area contributed by atoms with E-state index in [9.17, 15) is 13.6 Å². The fourth-order valence-corrected chi connectivity index (χ4v) is 4.92. The van der Waals surface area contributed by atoms with Gasteiger partial charge >= 0.3 is 0 Å². The number of amides is 1. The van der Waals surface area contributed by atoms with Crippen LogP contribution >= 0.6 is 0 Å². The maximum Gasteiger partial charge on any atom is 0.230 e. The van der Waals surface area contributed by atoms with Crippen LogP contribution in [0.25, 0.3) is 0 Å². The maximum absolute atomic E-state index is 14.8. The molecular formula is C25H38F2N2O. The van der Waals surface area contributed by atoms with Crippen molar-refractivity contribution in [3.8, 4) is 0 Å². The Labute approximate surface area is 180 Å². The van der Waals surface area contributed by atoms with E-state index in [2.05, 4.69) is 31.0 Å². The van der Waals surface area contributed by atoms with Crippen molar-refractivity contribution in [1.82, 2.24) is 10.2 Å². The van der Waals surface area contributed by atoms with E-state index in [1.807, 2.05) is 6.07 Å². The Morgan fingerprint density at radius 3 is 2.60 bits per heavy atom. The summed E-state index contributed by atoms with van der Waals surface area (Å²) in [5.74, 6) is -0.514. The molecule has 168 valence electrons. The highest BCUT2D eigenvalue weighted by molar-refractivity contribution is 5.88. The zero-order valence-corrected chi connectivity index (χ0v) is 18.9. The minimum atomic E-state index is -0.921. The number of halogens is 2. The van der Waals surface area contributed by atoms with Crippen molar-refractivity contribution in [2.45, 2.75) is 77.3 Å². The van der Waals surface area contributed by atoms with Crippen LogP contribution in [0, 0.1) is 17.2 Å². The van der Waals surface area contributed by atoms with Crippen LogP contribution in [0.3, 0.4) is 0 Å². The third-order valence-corrected chi connectivity index (χ3v) is 6.98. The van der Waals surface area contributed by atoms with Gasteiger partial charge in [0.15, 0.2) is 0 Å². The lowest BCUT2D eigenvalue weighted by Crippen LogP contribution is -2.50. The van der Waals surface area contributed by atoms with Crippen LogP contribution in [-0.4, -0.2) is 43.2 Å². The second kappa shape index (κ2) is 9.76. The van der Waals surface area contributed by atoms with Gasteiger partial charge in [-0.05, 0) is 61.9 Å². The molecule has 2 aliphatic rings. The lowest BCUT2D eigenvalue weighted by Gasteiger charge is -2.38. The van der Waals surface area contributed by atoms with E-state index in [0.29, 0.717) is 13.1 Å². The lowest BCUT2D eigenvalue weighted by atomic mass is 9.68. The van der Waals surface area contributed by atoms with Gasteiger partial charge in [0.2, 0.25) is 5.91 Å². The fraction of sp³-hybridized carbons (Fsp3) is 0.720. The predicted molar refractivity (Wildman–Crippen MR) is 118 cm³/mol. The summed E-state index contributed by atoms with van der Waals surface area (Å²) >= 11 is 0. The van der Waals surface area contributed by atoms with Crippen molar-refractivity contribution >= 4 is 5.91 Å². The number of nitrogens with one attached hydrogen (secondary N) is 1. The normalized spacial score (nSPS) is 25.1. The Hall–Kier alpha value is -1.49. The molecule has 1 N–H and O–H groups in total. The van der Waals surface area contributed by atoms with Crippen LogP contribution in [0.1, 0.15) is 71.3 Å². The van der Waals surface area contributed by atoms with Crippen molar-refractivity contribution < 1.29 is 13.6 Å². The minimum Gasteiger partial charge on any atom is -0.355 e. The Bertz CT molecular complexity index is 709. The predicted octanol–water partition coefficient (Wildman–Crippen LogP) is 5.24. The molecule has 1 heterocycles. The Balaban J connectivity index is 1.58. The van der Waals surface area contributed by atoms with Crippen molar-refractivity contribution in [3.05, 3.63) is 35.6 Å². The van der Waals surface area contributed by atoms with Gasteiger partial charge in [-0.1, -0.05) is 52.2 Å². The standard InChI is InChI=1S/C25H38F2N2O/c1-24(2,3)13-15-29-14-10-19(22(27)18-29)17-28-23(30)25(11-5-4-6-12-25)20-8-7-9-21(26)16-20/h7-9,16,19,22H,4-6,10-15,17-18H2,1-3H3,(H,28,30). The second-order valence-corrected chi connectivity index (χ2v) is 10.5. The smallest absolute Gasteiger partial charge is 0.230 e. The molecular weight excluding hydrogens is 382 g/mol. The van der Waals surface area contributed by atoms with Gasteiger partial charge in [-0.2, -0.15) is 0 Å². The van der Waals surface area contributed by atoms with Crippen molar-refractivity contribution in [3.63, 3.8) is 0 Å². The van der Waals surface area contributed by atoms with Gasteiger partial charge in [-0.3, -0.25) is 4.79 Å². The lowest BCUT2D eigenvalue weighted by molar-refractivity contribution is -0.128. The number of carbonyl (C=O) groups excluding carboxylic acids is 1. The number of hydrogen-bond acceptors (Lipinski definition) is 2. The van der Waals surface area contributed by atoms with Crippen LogP contribution in [0.2, 0.25) is 0 Å². The first-order chi connectivity index (χ1) is 14.2. The van der Waals surface area contributed by atoms with E-state index in [1.165, 1.54) is 12.1 Å². The van der Waals surface area contributed by atoms with Crippen molar-refractivity contribution in [2.75, 3.05) is 26.2 Å². The van der Waals surface area contributed by atoms with E-state index in [4.69, 9.17) is 0 Å². The number of rotatable bonds is 6. The topological polar surface area (TPSA) is 32.3 Å². The van der Waals surface area contributed by atoms with Gasteiger partial charge in [0, 0.05) is 19.0 Å². The number of hydrogen-bond donors (Lipinski definition) is 1. The zero-order chi connectivity index (χ0) is 21.8. The van der Waals surface area contributed by atoms with Crippen LogP contribution in [0.5, 0.6) is 0 Å². The highest BCUT2D eigenvalue weighted by Crippen LogP contribution is 2.40. The van der Waals surface area contributed by atoms with E-state index < -0.39 is 11.6 Å². The van der Waals surface area contributed by atoms with Gasteiger partial charge in [0.25, 0.3) is 0 Å². The molecule has 0 bridgehead atoms. The fourth-order valence-electron chi connectivity index (χ4n) is 4.92. The number of nitrogens with zero attached hydrogens (tertiary/aromatic N) is 1. The largest absolute Gasteiger partial charge is 0.355 e. The molecule has 1 aromatic carbocycles. The van der Waals surface area contributed by atoms with Gasteiger partial charge in [0.05, 0.1) is 5.41 Å². The summed E-state index contributed by atoms with van der Waals surface area (Å²) in [6, 6.07) is 6.45. The summed E-state index contributed by atoms with van der Waals surface area (Å²) in [5.41, 5.74) is 0.329. The molecule has 2 atom stereocenters. The highest BCUT2D eigenvalue weighted by Gasteiger charge is 2.42. The summed E-state index contributed by atoms with van der Waals surface area (Å²) in [6.07, 6.45) is 5.37. The molecule has 3 nitrogen and oxygen atoms in total. The molecule has 1 aliphatic carbocycles. The SMILES string of the molecule is CC(C)(C)CCN1CCC(CNC(=O)C2(c3cccc(F)c3)CCCCC2)C(F)C1. The molecule has 1 saturated carbocycles. The molecule has 2 fully saturated rings. The summed E-state index contributed by atoms with van der Waals surface area (Å²) in [7, 11) is 0. The summed E-state index contributed by atoms with van der Waals surface area (Å²) in [4.78, 5) is 15.5. The van der Waals surface area contributed by atoms with E-state index in [-0.39, 0.29) is 23.1 Å². The quantitative estimate of drug-likeness (QED) is 0.683. The third kappa shape index (κ3) is 5.81. The molecule has 1 aliphatic heterocycles. The Kier molecular flexibility index (Phi) is 7.54. The second-order valence-electron chi connectivity index (χ2n) is 10.5. The van der Waals surface area contributed by atoms with Crippen molar-refractivity contribution in [1.29, 1.82) is 0 Å². The molecule has 2 unspecified atom stereocenters. The average molecular weight is 421 g/mol. The Morgan fingerprint density at radius 2 is 1.97 bits per heavy atom. The summed E-state index contributed by atoms with van der Waals surface area (Å²) < 4.78 is 28.7. The van der Waals surface area contributed by atoms with Crippen molar-refractivity contribution in [2.24, 2.45) is 11.3 Å². The first kappa shape index (κ1) is 23.2. The number of likely N-dealkylation sites (tertiary alicyclic amines) is 1. The van der Waals surface area contributed by atoms with Crippen LogP contribution in [-0.2, 0) is 10.2 Å². The number of benzene rings is 1. The molecule has 3 rings (SSSR count). The van der Waals surface area contributed by atoms with Gasteiger partial charge in [0.1, 0.15) is 12.0 Å². The monoisotopic (exact) mass is 420 g/mol. The highest BCUT2D eigenvalue weighted by atomic mass is 19.1. The molecule has 1 aromatic rings. The molecule has 0 radical (unpaired) electrons. The number of carbonyl (C=O) groups is 1. The molecule has 0 aromatic heterocycles. The van der Waals surface area contributed by atoms with Crippen LogP contribution in [0.4, 0.5) is 8.78 Å².